The maximum Gasteiger partial charge on any atom is 0.239 e. The molecule has 0 atom stereocenters. The number of benzene rings is 1. The van der Waals surface area contributed by atoms with Crippen LogP contribution in [0.1, 0.15) is 25.3 Å². The summed E-state index contributed by atoms with van der Waals surface area (Å²) >= 11 is 0. The summed E-state index contributed by atoms with van der Waals surface area (Å²) < 4.78 is 0. The number of carbonyl (C=O) groups excluding carboxylic acids is 1. The van der Waals surface area contributed by atoms with Crippen LogP contribution < -0.4 is 16.0 Å². The van der Waals surface area contributed by atoms with E-state index < -0.39 is 0 Å². The quantitative estimate of drug-likeness (QED) is 0.262. The van der Waals surface area contributed by atoms with E-state index in [4.69, 9.17) is 0 Å². The predicted octanol–water partition coefficient (Wildman–Crippen LogP) is 1.93. The van der Waals surface area contributed by atoms with Gasteiger partial charge in [-0.05, 0) is 24.8 Å². The number of aryl methyl sites for hydroxylation is 1. The summed E-state index contributed by atoms with van der Waals surface area (Å²) in [5, 5.41) is 9.03. The Bertz CT molecular complexity index is 437. The highest BCUT2D eigenvalue weighted by Crippen LogP contribution is 2.01. The first kappa shape index (κ1) is 20.7. The molecule has 1 amide bonds. The maximum atomic E-state index is 11.5. The van der Waals surface area contributed by atoms with Gasteiger partial charge in [0.05, 0.1) is 6.54 Å². The summed E-state index contributed by atoms with van der Waals surface area (Å²) in [4.78, 5) is 15.6. The highest BCUT2D eigenvalue weighted by Gasteiger charge is 2.02. The smallest absolute Gasteiger partial charge is 0.239 e. The first-order valence-electron chi connectivity index (χ1n) is 7.51. The highest BCUT2D eigenvalue weighted by molar-refractivity contribution is 14.0. The number of guanidine groups is 1. The van der Waals surface area contributed by atoms with Crippen LogP contribution in [0, 0.1) is 0 Å². The van der Waals surface area contributed by atoms with Crippen LogP contribution in [0.2, 0.25) is 0 Å². The van der Waals surface area contributed by atoms with Gasteiger partial charge in [0.1, 0.15) is 0 Å². The number of amides is 1. The second-order valence-electron chi connectivity index (χ2n) is 4.79. The third kappa shape index (κ3) is 9.59. The lowest BCUT2D eigenvalue weighted by molar-refractivity contribution is -0.120. The third-order valence-electron chi connectivity index (χ3n) is 2.99. The molecular formula is C16H27IN4O. The molecule has 1 rings (SSSR count). The lowest BCUT2D eigenvalue weighted by atomic mass is 10.1. The van der Waals surface area contributed by atoms with Gasteiger partial charge in [-0.1, -0.05) is 37.3 Å². The minimum absolute atomic E-state index is 0. The molecule has 0 aliphatic heterocycles. The van der Waals surface area contributed by atoms with Crippen LogP contribution in [0.25, 0.3) is 0 Å². The van der Waals surface area contributed by atoms with Gasteiger partial charge in [0.15, 0.2) is 5.96 Å². The van der Waals surface area contributed by atoms with Gasteiger partial charge in [-0.2, -0.15) is 0 Å². The Balaban J connectivity index is 0.00000441. The Hall–Kier alpha value is -1.31. The van der Waals surface area contributed by atoms with Gasteiger partial charge in [-0.25, -0.2) is 0 Å². The van der Waals surface area contributed by atoms with Gasteiger partial charge in [-0.15, -0.1) is 24.0 Å². The fraction of sp³-hybridized carbons (Fsp3) is 0.500. The number of nitrogens with zero attached hydrogens (tertiary/aromatic N) is 1. The predicted molar refractivity (Wildman–Crippen MR) is 103 cm³/mol. The molecule has 0 aliphatic carbocycles. The molecule has 0 aliphatic rings. The van der Waals surface area contributed by atoms with E-state index in [1.165, 1.54) is 5.56 Å². The fourth-order valence-electron chi connectivity index (χ4n) is 1.86. The lowest BCUT2D eigenvalue weighted by Gasteiger charge is -2.11. The molecule has 0 saturated carbocycles. The maximum absolute atomic E-state index is 11.5. The van der Waals surface area contributed by atoms with Crippen LogP contribution in [-0.2, 0) is 11.2 Å². The van der Waals surface area contributed by atoms with Crippen LogP contribution in [0.3, 0.4) is 0 Å². The molecule has 0 heterocycles. The average Bonchev–Trinajstić information content (AvgIpc) is 2.53. The molecule has 5 nitrogen and oxygen atoms in total. The van der Waals surface area contributed by atoms with Crippen molar-refractivity contribution in [2.75, 3.05) is 26.7 Å². The third-order valence-corrected chi connectivity index (χ3v) is 2.99. The van der Waals surface area contributed by atoms with Crippen molar-refractivity contribution in [2.45, 2.75) is 26.2 Å². The van der Waals surface area contributed by atoms with Crippen molar-refractivity contribution in [3.63, 3.8) is 0 Å². The Morgan fingerprint density at radius 3 is 2.45 bits per heavy atom. The Morgan fingerprint density at radius 2 is 1.82 bits per heavy atom. The van der Waals surface area contributed by atoms with E-state index in [-0.39, 0.29) is 36.4 Å². The minimum Gasteiger partial charge on any atom is -0.356 e. The highest BCUT2D eigenvalue weighted by atomic mass is 127. The zero-order valence-electron chi connectivity index (χ0n) is 13.4. The number of carbonyl (C=O) groups is 1. The number of nitrogens with one attached hydrogen (secondary N) is 3. The summed E-state index contributed by atoms with van der Waals surface area (Å²) in [6.07, 6.45) is 2.99. The van der Waals surface area contributed by atoms with Gasteiger partial charge in [0.2, 0.25) is 5.91 Å². The van der Waals surface area contributed by atoms with Crippen molar-refractivity contribution in [2.24, 2.45) is 4.99 Å². The summed E-state index contributed by atoms with van der Waals surface area (Å²) in [5.41, 5.74) is 1.33. The zero-order chi connectivity index (χ0) is 15.3. The van der Waals surface area contributed by atoms with Gasteiger partial charge in [0.25, 0.3) is 0 Å². The molecule has 0 spiro atoms. The van der Waals surface area contributed by atoms with Gasteiger partial charge in [0, 0.05) is 20.1 Å². The molecule has 0 unspecified atom stereocenters. The fourth-order valence-corrected chi connectivity index (χ4v) is 1.86. The summed E-state index contributed by atoms with van der Waals surface area (Å²) in [6.45, 7) is 3.81. The average molecular weight is 418 g/mol. The van der Waals surface area contributed by atoms with Crippen LogP contribution in [0.4, 0.5) is 0 Å². The second kappa shape index (κ2) is 13.4. The first-order valence-corrected chi connectivity index (χ1v) is 7.51. The largest absolute Gasteiger partial charge is 0.356 e. The topological polar surface area (TPSA) is 65.5 Å². The molecule has 0 aromatic heterocycles. The number of hydrogen-bond acceptors (Lipinski definition) is 2. The monoisotopic (exact) mass is 418 g/mol. The van der Waals surface area contributed by atoms with Crippen molar-refractivity contribution < 1.29 is 4.79 Å². The Kier molecular flexibility index (Phi) is 12.6. The molecule has 1 aromatic carbocycles. The SMILES string of the molecule is CCCNC(=O)CNC(=NC)NCCCc1ccccc1.I. The molecule has 1 aromatic rings. The molecule has 0 bridgehead atoms. The van der Waals surface area contributed by atoms with Crippen molar-refractivity contribution in [1.29, 1.82) is 0 Å². The van der Waals surface area contributed by atoms with Crippen LogP contribution in [0.15, 0.2) is 35.3 Å². The molecule has 3 N–H and O–H groups in total. The van der Waals surface area contributed by atoms with E-state index in [0.29, 0.717) is 12.5 Å². The molecule has 0 fully saturated rings. The van der Waals surface area contributed by atoms with E-state index in [1.54, 1.807) is 7.05 Å². The zero-order valence-corrected chi connectivity index (χ0v) is 15.7. The molecule has 124 valence electrons. The van der Waals surface area contributed by atoms with Crippen molar-refractivity contribution in [3.05, 3.63) is 35.9 Å². The Labute approximate surface area is 150 Å². The summed E-state index contributed by atoms with van der Waals surface area (Å²) in [5.74, 6) is 0.652. The van der Waals surface area contributed by atoms with Crippen molar-refractivity contribution >= 4 is 35.8 Å². The Morgan fingerprint density at radius 1 is 1.09 bits per heavy atom. The van der Waals surface area contributed by atoms with E-state index in [1.807, 2.05) is 13.0 Å². The van der Waals surface area contributed by atoms with Gasteiger partial charge in [-0.3, -0.25) is 9.79 Å². The number of hydrogen-bond donors (Lipinski definition) is 3. The standard InChI is InChI=1S/C16H26N4O.HI/c1-3-11-18-15(21)13-20-16(17-2)19-12-7-10-14-8-5-4-6-9-14;/h4-6,8-9H,3,7,10-13H2,1-2H3,(H,18,21)(H2,17,19,20);1H. The van der Waals surface area contributed by atoms with Crippen molar-refractivity contribution in [1.82, 2.24) is 16.0 Å². The van der Waals surface area contributed by atoms with E-state index in [2.05, 4.69) is 45.2 Å². The summed E-state index contributed by atoms with van der Waals surface area (Å²) in [6, 6.07) is 10.4. The lowest BCUT2D eigenvalue weighted by Crippen LogP contribution is -2.43. The minimum atomic E-state index is -0.0101. The van der Waals surface area contributed by atoms with E-state index in [9.17, 15) is 4.79 Å². The summed E-state index contributed by atoms with van der Waals surface area (Å²) in [7, 11) is 1.70. The number of aliphatic imine (C=N–C) groups is 1. The molecule has 0 saturated heterocycles. The number of halogens is 1. The van der Waals surface area contributed by atoms with Crippen LogP contribution in [-0.4, -0.2) is 38.5 Å². The van der Waals surface area contributed by atoms with Gasteiger partial charge >= 0.3 is 0 Å². The first-order chi connectivity index (χ1) is 10.3. The van der Waals surface area contributed by atoms with Crippen LogP contribution >= 0.6 is 24.0 Å². The second-order valence-corrected chi connectivity index (χ2v) is 4.79. The van der Waals surface area contributed by atoms with Crippen molar-refractivity contribution in [3.8, 4) is 0 Å². The molecule has 6 heteroatoms. The van der Waals surface area contributed by atoms with E-state index in [0.717, 1.165) is 25.8 Å². The molecule has 22 heavy (non-hydrogen) atoms. The normalized spacial score (nSPS) is 10.5. The molecule has 0 radical (unpaired) electrons. The molecular weight excluding hydrogens is 391 g/mol. The number of rotatable bonds is 8. The van der Waals surface area contributed by atoms with E-state index >= 15 is 0 Å². The van der Waals surface area contributed by atoms with Gasteiger partial charge < -0.3 is 16.0 Å². The van der Waals surface area contributed by atoms with Crippen LogP contribution in [0.5, 0.6) is 0 Å².